The number of carbonyl (C=O) groups excluding carboxylic acids is 1. The van der Waals surface area contributed by atoms with E-state index in [0.717, 1.165) is 24.3 Å². The minimum absolute atomic E-state index is 0.146. The maximum Gasteiger partial charge on any atom is 0.241 e. The molecule has 116 valence electrons. The van der Waals surface area contributed by atoms with Crippen LogP contribution in [0.15, 0.2) is 24.3 Å². The molecule has 1 aromatic rings. The topological polar surface area (TPSA) is 32.3 Å². The Kier molecular flexibility index (Phi) is 5.65. The lowest BCUT2D eigenvalue weighted by atomic mass is 10.1. The van der Waals surface area contributed by atoms with Gasteiger partial charge in [-0.2, -0.15) is 11.8 Å². The van der Waals surface area contributed by atoms with Crippen molar-refractivity contribution in [2.24, 2.45) is 5.92 Å². The molecule has 1 heterocycles. The maximum absolute atomic E-state index is 13.1. The molecule has 2 atom stereocenters. The van der Waals surface area contributed by atoms with E-state index < -0.39 is 0 Å². The van der Waals surface area contributed by atoms with E-state index in [2.05, 4.69) is 11.6 Å². The molecule has 0 spiro atoms. The van der Waals surface area contributed by atoms with E-state index in [1.807, 2.05) is 18.7 Å². The van der Waals surface area contributed by atoms with Crippen LogP contribution in [0.25, 0.3) is 0 Å². The average Bonchev–Trinajstić information content (AvgIpc) is 2.78. The molecule has 0 aromatic heterocycles. The molecule has 0 radical (unpaired) electrons. The highest BCUT2D eigenvalue weighted by Gasteiger charge is 2.40. The van der Waals surface area contributed by atoms with Crippen LogP contribution in [0.4, 0.5) is 4.39 Å². The summed E-state index contributed by atoms with van der Waals surface area (Å²) in [4.78, 5) is 14.5. The first kappa shape index (κ1) is 16.3. The monoisotopic (exact) mass is 310 g/mol. The highest BCUT2D eigenvalue weighted by atomic mass is 32.2. The van der Waals surface area contributed by atoms with Crippen LogP contribution in [0.3, 0.4) is 0 Å². The third-order valence-corrected chi connectivity index (χ3v) is 4.50. The molecule has 1 aliphatic rings. The van der Waals surface area contributed by atoms with E-state index in [4.69, 9.17) is 0 Å². The second-order valence-corrected chi connectivity index (χ2v) is 6.71. The number of thioether (sulfide) groups is 1. The number of carbonyl (C=O) groups is 1. The molecule has 0 saturated carbocycles. The van der Waals surface area contributed by atoms with Crippen molar-refractivity contribution in [2.75, 3.05) is 18.6 Å². The van der Waals surface area contributed by atoms with Gasteiger partial charge in [0.2, 0.25) is 5.91 Å². The Balaban J connectivity index is 2.18. The van der Waals surface area contributed by atoms with Crippen molar-refractivity contribution in [1.29, 1.82) is 0 Å². The summed E-state index contributed by atoms with van der Waals surface area (Å²) in [5, 5.41) is 3.40. The van der Waals surface area contributed by atoms with E-state index >= 15 is 0 Å². The summed E-state index contributed by atoms with van der Waals surface area (Å²) in [7, 11) is 0. The zero-order valence-electron chi connectivity index (χ0n) is 12.8. The Morgan fingerprint density at radius 3 is 2.57 bits per heavy atom. The van der Waals surface area contributed by atoms with Crippen LogP contribution in [-0.2, 0) is 4.79 Å². The lowest BCUT2D eigenvalue weighted by Gasteiger charge is -2.24. The van der Waals surface area contributed by atoms with Crippen molar-refractivity contribution in [2.45, 2.75) is 32.5 Å². The van der Waals surface area contributed by atoms with Crippen molar-refractivity contribution >= 4 is 17.7 Å². The van der Waals surface area contributed by atoms with Gasteiger partial charge < -0.3 is 4.90 Å². The third-order valence-electron chi connectivity index (χ3n) is 3.80. The molecule has 1 fully saturated rings. The first-order chi connectivity index (χ1) is 10.0. The maximum atomic E-state index is 13.1. The average molecular weight is 310 g/mol. The van der Waals surface area contributed by atoms with Crippen LogP contribution in [0, 0.1) is 11.7 Å². The van der Waals surface area contributed by atoms with E-state index in [1.165, 1.54) is 12.1 Å². The van der Waals surface area contributed by atoms with Gasteiger partial charge in [0.15, 0.2) is 0 Å². The zero-order valence-corrected chi connectivity index (χ0v) is 13.6. The van der Waals surface area contributed by atoms with Crippen molar-refractivity contribution in [3.63, 3.8) is 0 Å². The largest absolute Gasteiger partial charge is 0.322 e. The quantitative estimate of drug-likeness (QED) is 0.820. The number of rotatable bonds is 6. The van der Waals surface area contributed by atoms with Gasteiger partial charge in [-0.1, -0.05) is 26.0 Å². The SMILES string of the molecule is CSCCCN1C(=O)C(C(C)C)NC1c1ccc(F)cc1. The number of halogens is 1. The standard InChI is InChI=1S/C16H23FN2OS/c1-11(2)14-16(20)19(9-4-10-21-3)15(18-14)12-5-7-13(17)8-6-12/h5-8,11,14-15,18H,4,9-10H2,1-3H3. The normalized spacial score (nSPS) is 22.3. The zero-order chi connectivity index (χ0) is 15.4. The summed E-state index contributed by atoms with van der Waals surface area (Å²) >= 11 is 1.78. The first-order valence-electron chi connectivity index (χ1n) is 7.35. The lowest BCUT2D eigenvalue weighted by Crippen LogP contribution is -2.35. The van der Waals surface area contributed by atoms with Crippen LogP contribution >= 0.6 is 11.8 Å². The number of hydrogen-bond donors (Lipinski definition) is 1. The van der Waals surface area contributed by atoms with Crippen LogP contribution in [-0.4, -0.2) is 35.4 Å². The highest BCUT2D eigenvalue weighted by Crippen LogP contribution is 2.28. The van der Waals surface area contributed by atoms with Crippen molar-refractivity contribution in [3.05, 3.63) is 35.6 Å². The molecule has 0 bridgehead atoms. The highest BCUT2D eigenvalue weighted by molar-refractivity contribution is 7.98. The molecule has 3 nitrogen and oxygen atoms in total. The molecule has 5 heteroatoms. The molecule has 1 amide bonds. The van der Waals surface area contributed by atoms with Gasteiger partial charge in [-0.05, 0) is 42.0 Å². The summed E-state index contributed by atoms with van der Waals surface area (Å²) in [5.41, 5.74) is 0.942. The van der Waals surface area contributed by atoms with Gasteiger partial charge in [-0.3, -0.25) is 10.1 Å². The summed E-state index contributed by atoms with van der Waals surface area (Å²) in [6.07, 6.45) is 2.89. The van der Waals surface area contributed by atoms with Crippen LogP contribution in [0.2, 0.25) is 0 Å². The molecule has 21 heavy (non-hydrogen) atoms. The molecular formula is C16H23FN2OS. The smallest absolute Gasteiger partial charge is 0.241 e. The Bertz CT molecular complexity index is 478. The van der Waals surface area contributed by atoms with Gasteiger partial charge in [-0.15, -0.1) is 0 Å². The van der Waals surface area contributed by atoms with Crippen molar-refractivity contribution in [1.82, 2.24) is 10.2 Å². The molecule has 1 N–H and O–H groups in total. The minimum atomic E-state index is -0.252. The predicted octanol–water partition coefficient (Wildman–Crippen LogP) is 3.03. The number of benzene rings is 1. The Labute approximate surface area is 130 Å². The van der Waals surface area contributed by atoms with Crippen LogP contribution in [0.5, 0.6) is 0 Å². The Hall–Kier alpha value is -1.07. The van der Waals surface area contributed by atoms with E-state index in [9.17, 15) is 9.18 Å². The predicted molar refractivity (Wildman–Crippen MR) is 85.6 cm³/mol. The molecular weight excluding hydrogens is 287 g/mol. The van der Waals surface area contributed by atoms with Crippen LogP contribution in [0.1, 0.15) is 32.0 Å². The molecule has 1 saturated heterocycles. The van der Waals surface area contributed by atoms with E-state index in [0.29, 0.717) is 0 Å². The van der Waals surface area contributed by atoms with Gasteiger partial charge in [0.1, 0.15) is 12.0 Å². The summed E-state index contributed by atoms with van der Waals surface area (Å²) in [6.45, 7) is 4.82. The Morgan fingerprint density at radius 1 is 1.33 bits per heavy atom. The van der Waals surface area contributed by atoms with Gasteiger partial charge >= 0.3 is 0 Å². The van der Waals surface area contributed by atoms with Gasteiger partial charge in [0.25, 0.3) is 0 Å². The molecule has 2 unspecified atom stereocenters. The fourth-order valence-electron chi connectivity index (χ4n) is 2.65. The third kappa shape index (κ3) is 3.77. The summed E-state index contributed by atoms with van der Waals surface area (Å²) < 4.78 is 13.1. The molecule has 0 aliphatic carbocycles. The number of nitrogens with one attached hydrogen (secondary N) is 1. The van der Waals surface area contributed by atoms with Gasteiger partial charge in [0, 0.05) is 6.54 Å². The van der Waals surface area contributed by atoms with E-state index in [1.54, 1.807) is 23.9 Å². The Morgan fingerprint density at radius 2 is 2.00 bits per heavy atom. The fourth-order valence-corrected chi connectivity index (χ4v) is 3.07. The lowest BCUT2D eigenvalue weighted by molar-refractivity contribution is -0.130. The van der Waals surface area contributed by atoms with Crippen LogP contribution < -0.4 is 5.32 Å². The summed E-state index contributed by atoms with van der Waals surface area (Å²) in [5.74, 6) is 1.18. The molecule has 2 rings (SSSR count). The molecule has 1 aromatic carbocycles. The van der Waals surface area contributed by atoms with Gasteiger partial charge in [0.05, 0.1) is 6.04 Å². The van der Waals surface area contributed by atoms with Crippen molar-refractivity contribution in [3.8, 4) is 0 Å². The number of amides is 1. The van der Waals surface area contributed by atoms with Gasteiger partial charge in [-0.25, -0.2) is 4.39 Å². The molecule has 1 aliphatic heterocycles. The number of hydrogen-bond acceptors (Lipinski definition) is 3. The van der Waals surface area contributed by atoms with Crippen molar-refractivity contribution < 1.29 is 9.18 Å². The first-order valence-corrected chi connectivity index (χ1v) is 8.75. The summed E-state index contributed by atoms with van der Waals surface area (Å²) in [6, 6.07) is 6.25. The minimum Gasteiger partial charge on any atom is -0.322 e. The fraction of sp³-hybridized carbons (Fsp3) is 0.562. The number of nitrogens with zero attached hydrogens (tertiary/aromatic N) is 1. The van der Waals surface area contributed by atoms with E-state index in [-0.39, 0.29) is 29.8 Å². The second-order valence-electron chi connectivity index (χ2n) is 5.72. The second kappa shape index (κ2) is 7.27.